The maximum absolute atomic E-state index is 13.4. The van der Waals surface area contributed by atoms with Gasteiger partial charge in [-0.15, -0.1) is 11.3 Å². The number of carboxylic acid groups (broad SMARTS) is 1. The van der Waals surface area contributed by atoms with Crippen LogP contribution in [0.5, 0.6) is 0 Å². The van der Waals surface area contributed by atoms with Crippen LogP contribution in [0.4, 0.5) is 4.39 Å². The monoisotopic (exact) mass is 301 g/mol. The van der Waals surface area contributed by atoms with Crippen LogP contribution in [0, 0.1) is 5.82 Å². The summed E-state index contributed by atoms with van der Waals surface area (Å²) in [6, 6.07) is 4.22. The molecular weight excluding hydrogens is 293 g/mol. The summed E-state index contributed by atoms with van der Waals surface area (Å²) in [6.07, 6.45) is 0. The molecule has 0 fully saturated rings. The van der Waals surface area contributed by atoms with Crippen LogP contribution in [0.2, 0.25) is 5.02 Å². The molecule has 1 heterocycles. The number of carbonyl (C=O) groups is 1. The second-order valence-corrected chi connectivity index (χ2v) is 5.07. The highest BCUT2D eigenvalue weighted by atomic mass is 35.5. The Hall–Kier alpha value is -1.50. The average molecular weight is 302 g/mol. The molecule has 7 heteroatoms. The summed E-state index contributed by atoms with van der Waals surface area (Å²) in [7, 11) is 1.45. The van der Waals surface area contributed by atoms with Gasteiger partial charge in [0.2, 0.25) is 0 Å². The molecule has 0 amide bonds. The van der Waals surface area contributed by atoms with Gasteiger partial charge in [-0.3, -0.25) is 0 Å². The highest BCUT2D eigenvalue weighted by Gasteiger charge is 2.18. The van der Waals surface area contributed by atoms with Gasteiger partial charge in [-0.25, -0.2) is 14.2 Å². The van der Waals surface area contributed by atoms with Crippen molar-refractivity contribution in [2.75, 3.05) is 7.11 Å². The number of thiazole rings is 1. The fraction of sp³-hybridized carbons (Fsp3) is 0.167. The molecule has 1 aromatic heterocycles. The number of methoxy groups -OCH3 is 1. The molecule has 0 radical (unpaired) electrons. The lowest BCUT2D eigenvalue weighted by Gasteiger charge is -1.98. The number of hydrogen-bond acceptors (Lipinski definition) is 4. The van der Waals surface area contributed by atoms with Gasteiger partial charge in [0.25, 0.3) is 0 Å². The zero-order valence-electron chi connectivity index (χ0n) is 9.81. The molecule has 0 saturated heterocycles. The standard InChI is InChI=1S/C12H9ClFNO3S/c1-18-5-9-10(12(16)17)19-11(15-9)6-2-3-7(13)8(14)4-6/h2-4H,5H2,1H3,(H,16,17). The minimum atomic E-state index is -1.08. The summed E-state index contributed by atoms with van der Waals surface area (Å²) in [5, 5.41) is 9.50. The lowest BCUT2D eigenvalue weighted by atomic mass is 10.2. The van der Waals surface area contributed by atoms with Crippen molar-refractivity contribution < 1.29 is 19.0 Å². The minimum Gasteiger partial charge on any atom is -0.477 e. The average Bonchev–Trinajstić information content (AvgIpc) is 2.77. The summed E-state index contributed by atoms with van der Waals surface area (Å²) < 4.78 is 18.3. The molecule has 0 unspecified atom stereocenters. The Morgan fingerprint density at radius 3 is 2.89 bits per heavy atom. The van der Waals surface area contributed by atoms with E-state index in [2.05, 4.69) is 4.98 Å². The summed E-state index contributed by atoms with van der Waals surface area (Å²) >= 11 is 6.57. The maximum atomic E-state index is 13.4. The predicted molar refractivity (Wildman–Crippen MR) is 70.2 cm³/mol. The molecule has 1 aromatic carbocycles. The van der Waals surface area contributed by atoms with Crippen molar-refractivity contribution in [2.45, 2.75) is 6.61 Å². The van der Waals surface area contributed by atoms with Crippen LogP contribution < -0.4 is 0 Å². The van der Waals surface area contributed by atoms with E-state index in [9.17, 15) is 9.18 Å². The number of aromatic carboxylic acids is 1. The van der Waals surface area contributed by atoms with Crippen molar-refractivity contribution in [1.82, 2.24) is 4.98 Å². The molecule has 0 saturated carbocycles. The van der Waals surface area contributed by atoms with Crippen molar-refractivity contribution in [2.24, 2.45) is 0 Å². The van der Waals surface area contributed by atoms with Crippen molar-refractivity contribution in [3.63, 3.8) is 0 Å². The third-order valence-corrected chi connectivity index (χ3v) is 3.78. The number of carboxylic acids is 1. The number of benzene rings is 1. The molecule has 4 nitrogen and oxygen atoms in total. The van der Waals surface area contributed by atoms with Gasteiger partial charge in [0, 0.05) is 12.7 Å². The van der Waals surface area contributed by atoms with Gasteiger partial charge in [-0.05, 0) is 12.1 Å². The quantitative estimate of drug-likeness (QED) is 0.939. The zero-order chi connectivity index (χ0) is 14.0. The zero-order valence-corrected chi connectivity index (χ0v) is 11.4. The SMILES string of the molecule is COCc1nc(-c2ccc(Cl)c(F)c2)sc1C(=O)O. The van der Waals surface area contributed by atoms with E-state index in [1.54, 1.807) is 6.07 Å². The highest BCUT2D eigenvalue weighted by Crippen LogP contribution is 2.30. The first-order valence-electron chi connectivity index (χ1n) is 5.20. The first kappa shape index (κ1) is 13.9. The molecule has 100 valence electrons. The number of ether oxygens (including phenoxy) is 1. The van der Waals surface area contributed by atoms with Gasteiger partial charge in [0.15, 0.2) is 0 Å². The summed E-state index contributed by atoms with van der Waals surface area (Å²) in [6.45, 7) is 0.0915. The maximum Gasteiger partial charge on any atom is 0.347 e. The van der Waals surface area contributed by atoms with Crippen LogP contribution >= 0.6 is 22.9 Å². The van der Waals surface area contributed by atoms with E-state index < -0.39 is 11.8 Å². The van der Waals surface area contributed by atoms with E-state index in [0.717, 1.165) is 11.3 Å². The first-order valence-corrected chi connectivity index (χ1v) is 6.39. The molecule has 0 bridgehead atoms. The van der Waals surface area contributed by atoms with Gasteiger partial charge < -0.3 is 9.84 Å². The predicted octanol–water partition coefficient (Wildman–Crippen LogP) is 3.45. The molecule has 0 aliphatic heterocycles. The third kappa shape index (κ3) is 2.91. The van der Waals surface area contributed by atoms with Crippen molar-refractivity contribution in [3.8, 4) is 10.6 Å². The highest BCUT2D eigenvalue weighted by molar-refractivity contribution is 7.17. The largest absolute Gasteiger partial charge is 0.477 e. The Kier molecular flexibility index (Phi) is 4.14. The van der Waals surface area contributed by atoms with E-state index in [1.165, 1.54) is 19.2 Å². The molecular formula is C12H9ClFNO3S. The Labute approximate surface area is 117 Å². The summed E-state index contributed by atoms with van der Waals surface area (Å²) in [5.41, 5.74) is 0.808. The summed E-state index contributed by atoms with van der Waals surface area (Å²) in [4.78, 5) is 15.3. The first-order chi connectivity index (χ1) is 9.02. The number of aromatic nitrogens is 1. The Balaban J connectivity index is 2.47. The minimum absolute atomic E-state index is 0.0101. The molecule has 2 rings (SSSR count). The second kappa shape index (κ2) is 5.64. The van der Waals surface area contributed by atoms with Crippen molar-refractivity contribution in [1.29, 1.82) is 0 Å². The Morgan fingerprint density at radius 2 is 2.32 bits per heavy atom. The Morgan fingerprint density at radius 1 is 1.58 bits per heavy atom. The molecule has 1 N–H and O–H groups in total. The van der Waals surface area contributed by atoms with Gasteiger partial charge in [-0.2, -0.15) is 0 Å². The van der Waals surface area contributed by atoms with Crippen LogP contribution in [-0.2, 0) is 11.3 Å². The third-order valence-electron chi connectivity index (χ3n) is 2.34. The smallest absolute Gasteiger partial charge is 0.347 e. The van der Waals surface area contributed by atoms with Crippen LogP contribution in [0.3, 0.4) is 0 Å². The number of hydrogen-bond donors (Lipinski definition) is 1. The normalized spacial score (nSPS) is 10.7. The van der Waals surface area contributed by atoms with E-state index >= 15 is 0 Å². The lowest BCUT2D eigenvalue weighted by molar-refractivity contribution is 0.0697. The van der Waals surface area contributed by atoms with Crippen LogP contribution in [-0.4, -0.2) is 23.2 Å². The molecule has 0 spiro atoms. The van der Waals surface area contributed by atoms with Crippen LogP contribution in [0.1, 0.15) is 15.4 Å². The second-order valence-electron chi connectivity index (χ2n) is 3.66. The number of halogens is 2. The molecule has 0 atom stereocenters. The fourth-order valence-corrected chi connectivity index (χ4v) is 2.53. The summed E-state index contributed by atoms with van der Waals surface area (Å²) in [5.74, 6) is -1.65. The Bertz CT molecular complexity index is 629. The van der Waals surface area contributed by atoms with Gasteiger partial charge >= 0.3 is 5.97 Å². The van der Waals surface area contributed by atoms with Crippen LogP contribution in [0.25, 0.3) is 10.6 Å². The number of rotatable bonds is 4. The number of nitrogens with zero attached hydrogens (tertiary/aromatic N) is 1. The van der Waals surface area contributed by atoms with Crippen LogP contribution in [0.15, 0.2) is 18.2 Å². The topological polar surface area (TPSA) is 59.4 Å². The fourth-order valence-electron chi connectivity index (χ4n) is 1.51. The molecule has 2 aromatic rings. The van der Waals surface area contributed by atoms with E-state index in [1.807, 2.05) is 0 Å². The van der Waals surface area contributed by atoms with Gasteiger partial charge in [0.1, 0.15) is 15.7 Å². The van der Waals surface area contributed by atoms with E-state index in [4.69, 9.17) is 21.4 Å². The van der Waals surface area contributed by atoms with Crippen molar-refractivity contribution in [3.05, 3.63) is 39.6 Å². The molecule has 0 aliphatic carbocycles. The van der Waals surface area contributed by atoms with Gasteiger partial charge in [-0.1, -0.05) is 17.7 Å². The molecule has 19 heavy (non-hydrogen) atoms. The van der Waals surface area contributed by atoms with E-state index in [0.29, 0.717) is 16.3 Å². The van der Waals surface area contributed by atoms with E-state index in [-0.39, 0.29) is 16.5 Å². The van der Waals surface area contributed by atoms with Crippen molar-refractivity contribution >= 4 is 28.9 Å². The molecule has 0 aliphatic rings. The van der Waals surface area contributed by atoms with Gasteiger partial charge in [0.05, 0.1) is 17.3 Å². The lowest BCUT2D eigenvalue weighted by Crippen LogP contribution is -1.99.